The molecule has 0 spiro atoms. The highest BCUT2D eigenvalue weighted by Crippen LogP contribution is 2.17. The zero-order valence-corrected chi connectivity index (χ0v) is 9.20. The molecule has 2 heteroatoms. The molecule has 0 unspecified atom stereocenters. The number of nitrogens with two attached hydrogens (primary N) is 1. The van der Waals surface area contributed by atoms with Crippen LogP contribution in [0.5, 0.6) is 0 Å². The number of anilines is 1. The van der Waals surface area contributed by atoms with Crippen LogP contribution in [0.2, 0.25) is 0 Å². The first-order valence-corrected chi connectivity index (χ1v) is 5.19. The van der Waals surface area contributed by atoms with E-state index in [2.05, 4.69) is 0 Å². The molecule has 0 aliphatic heterocycles. The molecule has 0 saturated heterocycles. The molecular weight excluding hydrogens is 196 g/mol. The Hall–Kier alpha value is -2.09. The average Bonchev–Trinajstić information content (AvgIpc) is 2.32. The van der Waals surface area contributed by atoms with E-state index < -0.39 is 0 Å². The summed E-state index contributed by atoms with van der Waals surface area (Å²) in [5.41, 5.74) is 9.81. The van der Waals surface area contributed by atoms with Gasteiger partial charge < -0.3 is 5.73 Å². The summed E-state index contributed by atoms with van der Waals surface area (Å²) in [7, 11) is 0. The van der Waals surface area contributed by atoms with Crippen molar-refractivity contribution in [1.29, 1.82) is 5.41 Å². The molecule has 0 atom stereocenters. The van der Waals surface area contributed by atoms with E-state index in [9.17, 15) is 0 Å². The van der Waals surface area contributed by atoms with Crippen molar-refractivity contribution in [1.82, 2.24) is 0 Å². The maximum Gasteiger partial charge on any atom is 0.0705 e. The standard InChI is InChI=1S/C14H14N2/c1-10-7-8-13(15)12(9-10)14(16)11-5-3-2-4-6-11/h2-9,16H,15H2,1H3. The molecule has 0 radical (unpaired) electrons. The maximum absolute atomic E-state index is 8.13. The summed E-state index contributed by atoms with van der Waals surface area (Å²) in [6.45, 7) is 2.00. The minimum Gasteiger partial charge on any atom is -0.398 e. The van der Waals surface area contributed by atoms with Gasteiger partial charge in [-0.3, -0.25) is 5.41 Å². The van der Waals surface area contributed by atoms with E-state index in [1.54, 1.807) is 0 Å². The fraction of sp³-hybridized carbons (Fsp3) is 0.0714. The van der Waals surface area contributed by atoms with Crippen LogP contribution in [0.4, 0.5) is 5.69 Å². The third-order valence-electron chi connectivity index (χ3n) is 2.54. The van der Waals surface area contributed by atoms with E-state index in [1.165, 1.54) is 0 Å². The van der Waals surface area contributed by atoms with Crippen LogP contribution in [0, 0.1) is 12.3 Å². The SMILES string of the molecule is Cc1ccc(N)c(C(=N)c2ccccc2)c1. The van der Waals surface area contributed by atoms with Gasteiger partial charge >= 0.3 is 0 Å². The molecule has 0 fully saturated rings. The Morgan fingerprint density at radius 3 is 2.44 bits per heavy atom. The molecule has 2 aromatic carbocycles. The van der Waals surface area contributed by atoms with Crippen molar-refractivity contribution in [2.45, 2.75) is 6.92 Å². The van der Waals surface area contributed by atoms with Gasteiger partial charge in [0.15, 0.2) is 0 Å². The summed E-state index contributed by atoms with van der Waals surface area (Å²) < 4.78 is 0. The van der Waals surface area contributed by atoms with Crippen LogP contribution >= 0.6 is 0 Å². The third kappa shape index (κ3) is 1.96. The van der Waals surface area contributed by atoms with Gasteiger partial charge in [0.1, 0.15) is 0 Å². The zero-order valence-electron chi connectivity index (χ0n) is 9.20. The third-order valence-corrected chi connectivity index (χ3v) is 2.54. The summed E-state index contributed by atoms with van der Waals surface area (Å²) >= 11 is 0. The highest BCUT2D eigenvalue weighted by molar-refractivity contribution is 6.13. The molecule has 0 amide bonds. The van der Waals surface area contributed by atoms with Gasteiger partial charge in [0.05, 0.1) is 5.71 Å². The number of benzene rings is 2. The largest absolute Gasteiger partial charge is 0.398 e. The van der Waals surface area contributed by atoms with Crippen LogP contribution in [0.25, 0.3) is 0 Å². The van der Waals surface area contributed by atoms with Crippen molar-refractivity contribution in [2.75, 3.05) is 5.73 Å². The quantitative estimate of drug-likeness (QED) is 0.581. The van der Waals surface area contributed by atoms with Gasteiger partial charge in [-0.15, -0.1) is 0 Å². The van der Waals surface area contributed by atoms with Gasteiger partial charge in [0.2, 0.25) is 0 Å². The average molecular weight is 210 g/mol. The molecular formula is C14H14N2. The lowest BCUT2D eigenvalue weighted by Gasteiger charge is -2.08. The Bertz CT molecular complexity index is 516. The molecule has 16 heavy (non-hydrogen) atoms. The highest BCUT2D eigenvalue weighted by atomic mass is 14.6. The second kappa shape index (κ2) is 4.19. The number of hydrogen-bond donors (Lipinski definition) is 2. The molecule has 0 bridgehead atoms. The zero-order chi connectivity index (χ0) is 11.5. The predicted molar refractivity (Wildman–Crippen MR) is 68.0 cm³/mol. The van der Waals surface area contributed by atoms with Gasteiger partial charge in [-0.2, -0.15) is 0 Å². The summed E-state index contributed by atoms with van der Waals surface area (Å²) in [5.74, 6) is 0. The molecule has 2 rings (SSSR count). The lowest BCUT2D eigenvalue weighted by atomic mass is 9.99. The van der Waals surface area contributed by atoms with Crippen molar-refractivity contribution in [3.8, 4) is 0 Å². The monoisotopic (exact) mass is 210 g/mol. The Balaban J connectivity index is 2.46. The lowest BCUT2D eigenvalue weighted by Crippen LogP contribution is -2.05. The molecule has 0 aliphatic rings. The van der Waals surface area contributed by atoms with E-state index in [4.69, 9.17) is 11.1 Å². The fourth-order valence-corrected chi connectivity index (χ4v) is 1.65. The first kappa shape index (κ1) is 10.4. The van der Waals surface area contributed by atoms with Crippen molar-refractivity contribution in [2.24, 2.45) is 0 Å². The maximum atomic E-state index is 8.13. The van der Waals surface area contributed by atoms with Gasteiger partial charge in [0, 0.05) is 16.8 Å². The predicted octanol–water partition coefficient (Wildman–Crippen LogP) is 2.99. The van der Waals surface area contributed by atoms with Crippen molar-refractivity contribution in [3.63, 3.8) is 0 Å². The van der Waals surface area contributed by atoms with E-state index in [1.807, 2.05) is 55.5 Å². The van der Waals surface area contributed by atoms with E-state index in [0.717, 1.165) is 16.7 Å². The van der Waals surface area contributed by atoms with E-state index >= 15 is 0 Å². The fourth-order valence-electron chi connectivity index (χ4n) is 1.65. The smallest absolute Gasteiger partial charge is 0.0705 e. The van der Waals surface area contributed by atoms with Gasteiger partial charge in [-0.25, -0.2) is 0 Å². The van der Waals surface area contributed by atoms with Crippen LogP contribution in [0.15, 0.2) is 48.5 Å². The summed E-state index contributed by atoms with van der Waals surface area (Å²) in [4.78, 5) is 0. The first-order valence-electron chi connectivity index (χ1n) is 5.19. The second-order valence-electron chi connectivity index (χ2n) is 3.83. The molecule has 0 aromatic heterocycles. The lowest BCUT2D eigenvalue weighted by molar-refractivity contribution is 1.41. The molecule has 3 N–H and O–H groups in total. The molecule has 0 heterocycles. The van der Waals surface area contributed by atoms with Crippen molar-refractivity contribution >= 4 is 11.4 Å². The van der Waals surface area contributed by atoms with Crippen LogP contribution in [0.3, 0.4) is 0 Å². The summed E-state index contributed by atoms with van der Waals surface area (Å²) in [6.07, 6.45) is 0. The Kier molecular flexibility index (Phi) is 2.73. The minimum absolute atomic E-state index is 0.474. The van der Waals surface area contributed by atoms with Crippen molar-refractivity contribution < 1.29 is 0 Å². The number of nitrogens with one attached hydrogen (secondary N) is 1. The van der Waals surface area contributed by atoms with Crippen LogP contribution in [-0.2, 0) is 0 Å². The van der Waals surface area contributed by atoms with Crippen LogP contribution in [-0.4, -0.2) is 5.71 Å². The summed E-state index contributed by atoms with van der Waals surface area (Å²) in [5, 5.41) is 8.13. The van der Waals surface area contributed by atoms with Gasteiger partial charge in [0.25, 0.3) is 0 Å². The molecule has 2 nitrogen and oxygen atoms in total. The van der Waals surface area contributed by atoms with Gasteiger partial charge in [-0.1, -0.05) is 42.0 Å². The van der Waals surface area contributed by atoms with E-state index in [0.29, 0.717) is 11.4 Å². The Labute approximate surface area is 95.2 Å². The molecule has 0 saturated carbocycles. The van der Waals surface area contributed by atoms with Crippen molar-refractivity contribution in [3.05, 3.63) is 65.2 Å². The second-order valence-corrected chi connectivity index (χ2v) is 3.83. The molecule has 2 aromatic rings. The summed E-state index contributed by atoms with van der Waals surface area (Å²) in [6, 6.07) is 15.4. The normalized spacial score (nSPS) is 10.1. The number of rotatable bonds is 2. The number of nitrogen functional groups attached to an aromatic ring is 1. The Morgan fingerprint density at radius 2 is 1.75 bits per heavy atom. The topological polar surface area (TPSA) is 49.9 Å². The molecule has 0 aliphatic carbocycles. The number of aryl methyl sites for hydroxylation is 1. The Morgan fingerprint density at radius 1 is 1.06 bits per heavy atom. The number of hydrogen-bond acceptors (Lipinski definition) is 2. The molecule has 80 valence electrons. The highest BCUT2D eigenvalue weighted by Gasteiger charge is 2.07. The minimum atomic E-state index is 0.474. The van der Waals surface area contributed by atoms with Crippen LogP contribution < -0.4 is 5.73 Å². The van der Waals surface area contributed by atoms with Crippen LogP contribution in [0.1, 0.15) is 16.7 Å². The van der Waals surface area contributed by atoms with Gasteiger partial charge in [-0.05, 0) is 19.1 Å². The first-order chi connectivity index (χ1) is 7.68. The van der Waals surface area contributed by atoms with E-state index in [-0.39, 0.29) is 0 Å².